The number of rotatable bonds is 12. The van der Waals surface area contributed by atoms with Crippen LogP contribution in [0.5, 0.6) is 0 Å². The highest BCUT2D eigenvalue weighted by Gasteiger charge is 2.29. The van der Waals surface area contributed by atoms with Crippen molar-refractivity contribution in [2.45, 2.75) is 75.1 Å². The van der Waals surface area contributed by atoms with Gasteiger partial charge in [0.1, 0.15) is 9.92 Å². The molecule has 0 radical (unpaired) electrons. The topological polar surface area (TPSA) is 122 Å². The minimum atomic E-state index is -3.66. The minimum absolute atomic E-state index is 0.00892. The van der Waals surface area contributed by atoms with Crippen molar-refractivity contribution >= 4 is 44.8 Å². The van der Waals surface area contributed by atoms with Gasteiger partial charge in [0.05, 0.1) is 11.9 Å². The summed E-state index contributed by atoms with van der Waals surface area (Å²) in [5.74, 6) is 1.48. The van der Waals surface area contributed by atoms with Crippen molar-refractivity contribution in [1.82, 2.24) is 14.7 Å². The third-order valence-corrected chi connectivity index (χ3v) is 9.35. The number of para-hydroxylation sites is 1. The molecular formula is C29H37ClN6O2S. The van der Waals surface area contributed by atoms with Gasteiger partial charge in [-0.05, 0) is 92.8 Å². The molecule has 0 unspecified atom stereocenters. The summed E-state index contributed by atoms with van der Waals surface area (Å²) >= 11 is 6.40. The zero-order valence-electron chi connectivity index (χ0n) is 22.1. The van der Waals surface area contributed by atoms with Crippen molar-refractivity contribution in [3.8, 4) is 0 Å². The van der Waals surface area contributed by atoms with Gasteiger partial charge < -0.3 is 16.4 Å². The molecule has 0 spiro atoms. The van der Waals surface area contributed by atoms with Crippen LogP contribution in [0.2, 0.25) is 5.02 Å². The SMILES string of the molecule is NCCCCC[C@H]1CCc2ccc(Nc3ncc(Cl)c(Nc4ccccc4S(=O)(=O)NC4CC4)n3)cc2CC1. The summed E-state index contributed by atoms with van der Waals surface area (Å²) < 4.78 is 28.5. The van der Waals surface area contributed by atoms with Crippen molar-refractivity contribution < 1.29 is 8.42 Å². The Morgan fingerprint density at radius 1 is 0.949 bits per heavy atom. The second-order valence-corrected chi connectivity index (χ2v) is 12.7. The molecule has 0 bridgehead atoms. The molecule has 1 aromatic heterocycles. The molecular weight excluding hydrogens is 532 g/mol. The molecule has 2 aromatic carbocycles. The number of hydrogen-bond acceptors (Lipinski definition) is 7. The first-order chi connectivity index (χ1) is 18.9. The predicted molar refractivity (Wildman–Crippen MR) is 157 cm³/mol. The van der Waals surface area contributed by atoms with E-state index in [4.69, 9.17) is 17.3 Å². The smallest absolute Gasteiger partial charge is 0.242 e. The Morgan fingerprint density at radius 2 is 1.74 bits per heavy atom. The number of unbranched alkanes of at least 4 members (excludes halogenated alkanes) is 2. The monoisotopic (exact) mass is 568 g/mol. The molecule has 1 atom stereocenters. The lowest BCUT2D eigenvalue weighted by Gasteiger charge is -2.14. The molecule has 10 heteroatoms. The third kappa shape index (κ3) is 7.48. The van der Waals surface area contributed by atoms with Crippen molar-refractivity contribution in [2.75, 3.05) is 17.2 Å². The van der Waals surface area contributed by atoms with Gasteiger partial charge in [0.25, 0.3) is 0 Å². The van der Waals surface area contributed by atoms with E-state index in [2.05, 4.69) is 43.5 Å². The first-order valence-corrected chi connectivity index (χ1v) is 15.8. The molecule has 1 fully saturated rings. The molecule has 3 aromatic rings. The molecule has 8 nitrogen and oxygen atoms in total. The van der Waals surface area contributed by atoms with Crippen molar-refractivity contribution in [1.29, 1.82) is 0 Å². The largest absolute Gasteiger partial charge is 0.338 e. The Kier molecular flexibility index (Phi) is 9.02. The fourth-order valence-electron chi connectivity index (χ4n) is 5.15. The number of nitrogens with one attached hydrogen (secondary N) is 3. The van der Waals surface area contributed by atoms with Crippen LogP contribution in [0.15, 0.2) is 53.6 Å². The average molecular weight is 569 g/mol. The number of nitrogens with zero attached hydrogens (tertiary/aromatic N) is 2. The number of benzene rings is 2. The summed E-state index contributed by atoms with van der Waals surface area (Å²) in [7, 11) is -3.66. The van der Waals surface area contributed by atoms with Gasteiger partial charge in [-0.15, -0.1) is 0 Å². The van der Waals surface area contributed by atoms with Crippen LogP contribution in [0, 0.1) is 5.92 Å². The van der Waals surface area contributed by atoms with Gasteiger partial charge in [-0.1, -0.05) is 49.1 Å². The van der Waals surface area contributed by atoms with Gasteiger partial charge in [-0.25, -0.2) is 18.1 Å². The number of hydrogen-bond donors (Lipinski definition) is 4. The summed E-state index contributed by atoms with van der Waals surface area (Å²) in [4.78, 5) is 9.07. The van der Waals surface area contributed by atoms with Crippen LogP contribution in [-0.2, 0) is 22.9 Å². The molecule has 0 aliphatic heterocycles. The van der Waals surface area contributed by atoms with E-state index in [-0.39, 0.29) is 10.9 Å². The summed E-state index contributed by atoms with van der Waals surface area (Å²) in [6, 6.07) is 13.2. The number of fused-ring (bicyclic) bond motifs is 1. The van der Waals surface area contributed by atoms with Crippen LogP contribution in [0.3, 0.4) is 0 Å². The highest BCUT2D eigenvalue weighted by molar-refractivity contribution is 7.89. The Morgan fingerprint density at radius 3 is 2.54 bits per heavy atom. The summed E-state index contributed by atoms with van der Waals surface area (Å²) in [5, 5.41) is 6.70. The molecule has 1 saturated carbocycles. The fraction of sp³-hybridized carbons (Fsp3) is 0.448. The maximum absolute atomic E-state index is 12.9. The second kappa shape index (κ2) is 12.6. The van der Waals surface area contributed by atoms with E-state index in [1.807, 2.05) is 0 Å². The van der Waals surface area contributed by atoms with E-state index >= 15 is 0 Å². The number of aryl methyl sites for hydroxylation is 2. The van der Waals surface area contributed by atoms with Crippen molar-refractivity contribution in [2.24, 2.45) is 11.7 Å². The molecule has 0 saturated heterocycles. The lowest BCUT2D eigenvalue weighted by atomic mass is 9.93. The number of sulfonamides is 1. The number of nitrogens with two attached hydrogens (primary N) is 1. The predicted octanol–water partition coefficient (Wildman–Crippen LogP) is 6.07. The van der Waals surface area contributed by atoms with Crippen LogP contribution >= 0.6 is 11.6 Å². The number of halogens is 1. The molecule has 5 N–H and O–H groups in total. The van der Waals surface area contributed by atoms with Crippen LogP contribution < -0.4 is 21.1 Å². The van der Waals surface area contributed by atoms with Gasteiger partial charge in [0.2, 0.25) is 16.0 Å². The van der Waals surface area contributed by atoms with Crippen molar-refractivity contribution in [3.05, 3.63) is 64.8 Å². The maximum atomic E-state index is 12.9. The molecule has 2 aliphatic rings. The maximum Gasteiger partial charge on any atom is 0.242 e. The van der Waals surface area contributed by atoms with Gasteiger partial charge in [-0.3, -0.25) is 0 Å². The number of anilines is 4. The van der Waals surface area contributed by atoms with Crippen LogP contribution in [0.1, 0.15) is 62.5 Å². The van der Waals surface area contributed by atoms with Crippen LogP contribution in [0.4, 0.5) is 23.1 Å². The highest BCUT2D eigenvalue weighted by Crippen LogP contribution is 2.32. The quantitative estimate of drug-likeness (QED) is 0.154. The number of aromatic nitrogens is 2. The van der Waals surface area contributed by atoms with E-state index in [0.717, 1.165) is 50.3 Å². The van der Waals surface area contributed by atoms with Gasteiger partial charge in [0, 0.05) is 11.7 Å². The van der Waals surface area contributed by atoms with Crippen LogP contribution in [-0.4, -0.2) is 31.0 Å². The third-order valence-electron chi connectivity index (χ3n) is 7.50. The first kappa shape index (κ1) is 27.8. The second-order valence-electron chi connectivity index (χ2n) is 10.6. The lowest BCUT2D eigenvalue weighted by molar-refractivity contribution is 0.411. The Bertz CT molecular complexity index is 1400. The fourth-order valence-corrected chi connectivity index (χ4v) is 6.75. The molecule has 0 amide bonds. The zero-order valence-corrected chi connectivity index (χ0v) is 23.7. The summed E-state index contributed by atoms with van der Waals surface area (Å²) in [6.45, 7) is 0.786. The zero-order chi connectivity index (χ0) is 27.2. The summed E-state index contributed by atoms with van der Waals surface area (Å²) in [5.41, 5.74) is 9.75. The van der Waals surface area contributed by atoms with Crippen molar-refractivity contribution in [3.63, 3.8) is 0 Å². The lowest BCUT2D eigenvalue weighted by Crippen LogP contribution is -2.26. The van der Waals surface area contributed by atoms with Crippen LogP contribution in [0.25, 0.3) is 0 Å². The highest BCUT2D eigenvalue weighted by atomic mass is 35.5. The Labute approximate surface area is 236 Å². The van der Waals surface area contributed by atoms with E-state index in [1.54, 1.807) is 24.3 Å². The first-order valence-electron chi connectivity index (χ1n) is 13.9. The molecule has 208 valence electrons. The van der Waals surface area contributed by atoms with E-state index in [0.29, 0.717) is 22.5 Å². The van der Waals surface area contributed by atoms with Gasteiger partial charge in [0.15, 0.2) is 5.82 Å². The Balaban J connectivity index is 1.27. The molecule has 2 aliphatic carbocycles. The minimum Gasteiger partial charge on any atom is -0.338 e. The van der Waals surface area contributed by atoms with E-state index in [1.165, 1.54) is 49.4 Å². The van der Waals surface area contributed by atoms with E-state index in [9.17, 15) is 8.42 Å². The normalized spacial score (nSPS) is 17.3. The molecule has 1 heterocycles. The molecule has 5 rings (SSSR count). The Hall–Kier alpha value is -2.72. The average Bonchev–Trinajstić information content (AvgIpc) is 3.76. The van der Waals surface area contributed by atoms with Gasteiger partial charge in [-0.2, -0.15) is 4.98 Å². The van der Waals surface area contributed by atoms with Gasteiger partial charge >= 0.3 is 0 Å². The summed E-state index contributed by atoms with van der Waals surface area (Å²) in [6.07, 6.45) is 12.8. The van der Waals surface area contributed by atoms with E-state index < -0.39 is 10.0 Å². The standard InChI is InChI=1S/C29H37ClN6O2S/c30-25-19-32-29(35-28(25)34-26-7-3-4-8-27(26)39(37,38)36-23-15-16-23)33-24-14-13-21-11-9-20(6-2-1-5-17-31)10-12-22(21)18-24/h3-4,7-8,13-14,18-20,23,36H,1-2,5-6,9-12,15-17,31H2,(H2,32,33,34,35)/t20-/m0/s1. The molecule has 39 heavy (non-hydrogen) atoms.